The zero-order valence-corrected chi connectivity index (χ0v) is 16.7. The largest absolute Gasteiger partial charge is 0.495 e. The summed E-state index contributed by atoms with van der Waals surface area (Å²) >= 11 is 0. The molecule has 1 fully saturated rings. The number of ether oxygens (including phenoxy) is 1. The zero-order valence-electron chi connectivity index (χ0n) is 15.0. The summed E-state index contributed by atoms with van der Waals surface area (Å²) in [5, 5.41) is 21.6. The van der Waals surface area contributed by atoms with Gasteiger partial charge in [-0.15, -0.1) is 0 Å². The van der Waals surface area contributed by atoms with Gasteiger partial charge >= 0.3 is 5.97 Å². The van der Waals surface area contributed by atoms with Crippen molar-refractivity contribution in [1.29, 1.82) is 0 Å². The van der Waals surface area contributed by atoms with Crippen LogP contribution >= 0.6 is 0 Å². The lowest BCUT2D eigenvalue weighted by molar-refractivity contribution is -0.137. The molecule has 1 aromatic carbocycles. The number of anilines is 1. The standard InChI is InChI=1S/C15H20N2O9S2/c1-9(18)16-10-3-4-13(26-2)14(5-10)28(24,25)17(6-15(20)21)11-7-27(22,23)8-12(11)19/h3-5,11-12,19H,6-8H2,1-2H3,(H,16,18)(H,20,21)/t11-,12+/m0/s1. The predicted molar refractivity (Wildman–Crippen MR) is 97.3 cm³/mol. The average molecular weight is 436 g/mol. The third-order valence-electron chi connectivity index (χ3n) is 4.03. The number of carbonyl (C=O) groups excluding carboxylic acids is 1. The van der Waals surface area contributed by atoms with E-state index in [-0.39, 0.29) is 11.4 Å². The summed E-state index contributed by atoms with van der Waals surface area (Å²) in [6.07, 6.45) is -1.58. The Morgan fingerprint density at radius 1 is 1.32 bits per heavy atom. The second-order valence-electron chi connectivity index (χ2n) is 6.20. The molecule has 1 heterocycles. The summed E-state index contributed by atoms with van der Waals surface area (Å²) in [7, 11) is -7.16. The fraction of sp³-hybridized carbons (Fsp3) is 0.467. The molecule has 0 unspecified atom stereocenters. The number of aliphatic hydroxyl groups is 1. The average Bonchev–Trinajstić information content (AvgIpc) is 2.84. The lowest BCUT2D eigenvalue weighted by atomic mass is 10.2. The molecule has 0 spiro atoms. The van der Waals surface area contributed by atoms with Crippen LogP contribution < -0.4 is 10.1 Å². The predicted octanol–water partition coefficient (Wildman–Crippen LogP) is -1.11. The van der Waals surface area contributed by atoms with Crippen molar-refractivity contribution in [3.63, 3.8) is 0 Å². The van der Waals surface area contributed by atoms with Gasteiger partial charge in [-0.1, -0.05) is 0 Å². The number of carbonyl (C=O) groups is 2. The van der Waals surface area contributed by atoms with Crippen molar-refractivity contribution in [2.45, 2.75) is 24.0 Å². The Labute approximate surface area is 161 Å². The number of sulfone groups is 1. The Bertz CT molecular complexity index is 989. The van der Waals surface area contributed by atoms with Crippen LogP contribution in [-0.4, -0.2) is 80.5 Å². The van der Waals surface area contributed by atoms with Crippen LogP contribution in [-0.2, 0) is 29.4 Å². The quantitative estimate of drug-likeness (QED) is 0.480. The maximum absolute atomic E-state index is 13.2. The van der Waals surface area contributed by atoms with Crippen LogP contribution in [0.3, 0.4) is 0 Å². The lowest BCUT2D eigenvalue weighted by Crippen LogP contribution is -2.48. The summed E-state index contributed by atoms with van der Waals surface area (Å²) in [5.41, 5.74) is 0.113. The first-order valence-electron chi connectivity index (χ1n) is 7.95. The second-order valence-corrected chi connectivity index (χ2v) is 10.2. The minimum Gasteiger partial charge on any atom is -0.495 e. The van der Waals surface area contributed by atoms with Gasteiger partial charge in [-0.2, -0.15) is 4.31 Å². The summed E-state index contributed by atoms with van der Waals surface area (Å²) < 4.78 is 55.5. The third kappa shape index (κ3) is 4.79. The molecule has 1 amide bonds. The monoisotopic (exact) mass is 436 g/mol. The van der Waals surface area contributed by atoms with E-state index in [4.69, 9.17) is 9.84 Å². The maximum atomic E-state index is 13.2. The van der Waals surface area contributed by atoms with Crippen molar-refractivity contribution in [3.05, 3.63) is 18.2 Å². The van der Waals surface area contributed by atoms with Gasteiger partial charge in [0.05, 0.1) is 30.8 Å². The van der Waals surface area contributed by atoms with Crippen LogP contribution in [0.2, 0.25) is 0 Å². The molecule has 0 saturated carbocycles. The highest BCUT2D eigenvalue weighted by molar-refractivity contribution is 7.92. The first-order chi connectivity index (χ1) is 12.9. The Balaban J connectivity index is 2.59. The number of amides is 1. The third-order valence-corrected chi connectivity index (χ3v) is 7.62. The van der Waals surface area contributed by atoms with Crippen molar-refractivity contribution < 1.29 is 41.4 Å². The minimum atomic E-state index is -4.61. The maximum Gasteiger partial charge on any atom is 0.318 e. The molecular formula is C15H20N2O9S2. The van der Waals surface area contributed by atoms with Gasteiger partial charge in [0.2, 0.25) is 15.9 Å². The summed E-state index contributed by atoms with van der Waals surface area (Å²) in [4.78, 5) is 22.0. The molecule has 0 radical (unpaired) electrons. The molecule has 13 heteroatoms. The highest BCUT2D eigenvalue weighted by atomic mass is 32.2. The molecule has 28 heavy (non-hydrogen) atoms. The number of carboxylic acids is 1. The molecule has 1 aliphatic heterocycles. The number of benzene rings is 1. The van der Waals surface area contributed by atoms with Crippen LogP contribution in [0.5, 0.6) is 5.75 Å². The molecule has 156 valence electrons. The fourth-order valence-corrected chi connectivity index (χ4v) is 6.57. The van der Waals surface area contributed by atoms with Crippen molar-refractivity contribution in [2.24, 2.45) is 0 Å². The van der Waals surface area contributed by atoms with Gasteiger partial charge in [0.1, 0.15) is 17.2 Å². The first-order valence-corrected chi connectivity index (χ1v) is 11.2. The van der Waals surface area contributed by atoms with Crippen molar-refractivity contribution in [1.82, 2.24) is 4.31 Å². The number of rotatable bonds is 7. The Kier molecular flexibility index (Phi) is 6.33. The number of aliphatic hydroxyl groups excluding tert-OH is 1. The van der Waals surface area contributed by atoms with Crippen LogP contribution in [0, 0.1) is 0 Å². The van der Waals surface area contributed by atoms with Gasteiger partial charge in [0, 0.05) is 12.6 Å². The molecule has 1 saturated heterocycles. The zero-order chi connectivity index (χ0) is 21.3. The molecule has 0 aliphatic carbocycles. The van der Waals surface area contributed by atoms with Crippen LogP contribution in [0.1, 0.15) is 6.92 Å². The van der Waals surface area contributed by atoms with E-state index in [0.29, 0.717) is 4.31 Å². The van der Waals surface area contributed by atoms with E-state index in [2.05, 4.69) is 5.32 Å². The van der Waals surface area contributed by atoms with E-state index in [1.165, 1.54) is 26.2 Å². The lowest BCUT2D eigenvalue weighted by Gasteiger charge is -2.28. The highest BCUT2D eigenvalue weighted by Crippen LogP contribution is 2.32. The van der Waals surface area contributed by atoms with Gasteiger partial charge in [-0.3, -0.25) is 9.59 Å². The van der Waals surface area contributed by atoms with E-state index in [1.54, 1.807) is 0 Å². The summed E-state index contributed by atoms with van der Waals surface area (Å²) in [5.74, 6) is -3.52. The molecular weight excluding hydrogens is 416 g/mol. The number of carboxylic acid groups (broad SMARTS) is 1. The van der Waals surface area contributed by atoms with E-state index in [9.17, 15) is 31.5 Å². The van der Waals surface area contributed by atoms with E-state index >= 15 is 0 Å². The van der Waals surface area contributed by atoms with Crippen LogP contribution in [0.4, 0.5) is 5.69 Å². The number of methoxy groups -OCH3 is 1. The molecule has 11 nitrogen and oxygen atoms in total. The Morgan fingerprint density at radius 3 is 2.43 bits per heavy atom. The number of hydrogen-bond donors (Lipinski definition) is 3. The van der Waals surface area contributed by atoms with Gasteiger partial charge < -0.3 is 20.3 Å². The topological polar surface area (TPSA) is 167 Å². The molecule has 1 aromatic rings. The molecule has 1 aliphatic rings. The molecule has 0 aromatic heterocycles. The SMILES string of the molecule is COc1ccc(NC(C)=O)cc1S(=O)(=O)N(CC(=O)O)[C@H]1CS(=O)(=O)C[C@H]1O. The van der Waals surface area contributed by atoms with E-state index in [1.807, 2.05) is 0 Å². The van der Waals surface area contributed by atoms with Gasteiger partial charge in [-0.25, -0.2) is 16.8 Å². The van der Waals surface area contributed by atoms with Crippen LogP contribution in [0.25, 0.3) is 0 Å². The summed E-state index contributed by atoms with van der Waals surface area (Å²) in [6.45, 7) is 0.155. The van der Waals surface area contributed by atoms with Gasteiger partial charge in [-0.05, 0) is 18.2 Å². The fourth-order valence-electron chi connectivity index (χ4n) is 2.89. The normalized spacial score (nSPS) is 21.4. The molecule has 2 atom stereocenters. The first kappa shape index (κ1) is 22.1. The number of aliphatic carboxylic acids is 1. The van der Waals surface area contributed by atoms with Crippen molar-refractivity contribution >= 4 is 37.4 Å². The second kappa shape index (κ2) is 8.03. The van der Waals surface area contributed by atoms with Gasteiger partial charge in [0.25, 0.3) is 0 Å². The number of nitrogens with zero attached hydrogens (tertiary/aromatic N) is 1. The number of sulfonamides is 1. The highest BCUT2D eigenvalue weighted by Gasteiger charge is 2.46. The molecule has 2 rings (SSSR count). The minimum absolute atomic E-state index is 0.113. The summed E-state index contributed by atoms with van der Waals surface area (Å²) in [6, 6.07) is 2.25. The van der Waals surface area contributed by atoms with Crippen LogP contribution in [0.15, 0.2) is 23.1 Å². The van der Waals surface area contributed by atoms with E-state index in [0.717, 1.165) is 6.07 Å². The number of nitrogens with one attached hydrogen (secondary N) is 1. The Morgan fingerprint density at radius 2 is 1.96 bits per heavy atom. The van der Waals surface area contributed by atoms with Crippen molar-refractivity contribution in [2.75, 3.05) is 30.5 Å². The van der Waals surface area contributed by atoms with Gasteiger partial charge in [0.15, 0.2) is 9.84 Å². The smallest absolute Gasteiger partial charge is 0.318 e. The van der Waals surface area contributed by atoms with E-state index < -0.39 is 66.8 Å². The number of hydrogen-bond acceptors (Lipinski definition) is 8. The molecule has 0 bridgehead atoms. The van der Waals surface area contributed by atoms with Crippen molar-refractivity contribution in [3.8, 4) is 5.75 Å². The Hall–Kier alpha value is -2.22. The molecule has 3 N–H and O–H groups in total.